The zero-order valence-electron chi connectivity index (χ0n) is 10.9. The van der Waals surface area contributed by atoms with Gasteiger partial charge in [-0.05, 0) is 31.1 Å². The monoisotopic (exact) mass is 284 g/mol. The fourth-order valence-corrected chi connectivity index (χ4v) is 7.19. The molecule has 1 atom stereocenters. The van der Waals surface area contributed by atoms with Crippen molar-refractivity contribution in [3.05, 3.63) is 0 Å². The molecule has 1 unspecified atom stereocenters. The Morgan fingerprint density at radius 2 is 1.56 bits per heavy atom. The Kier molecular flexibility index (Phi) is 10.5. The molecule has 0 radical (unpaired) electrons. The number of rotatable bonds is 10. The topological polar surface area (TPSA) is 18.5 Å². The van der Waals surface area contributed by atoms with Gasteiger partial charge >= 0.3 is 0 Å². The van der Waals surface area contributed by atoms with E-state index in [0.717, 1.165) is 12.8 Å². The van der Waals surface area contributed by atoms with Gasteiger partial charge in [0.1, 0.15) is 0 Å². The first-order valence-electron chi connectivity index (χ1n) is 6.15. The van der Waals surface area contributed by atoms with E-state index in [0.29, 0.717) is 18.5 Å². The zero-order valence-corrected chi connectivity index (χ0v) is 13.4. The summed E-state index contributed by atoms with van der Waals surface area (Å²) in [7, 11) is 0. The molecule has 0 amide bonds. The van der Waals surface area contributed by atoms with E-state index >= 15 is 0 Å². The summed E-state index contributed by atoms with van der Waals surface area (Å²) in [5.41, 5.74) is -2.09. The van der Waals surface area contributed by atoms with Crippen LogP contribution in [-0.4, -0.2) is 18.5 Å². The average Bonchev–Trinajstić information content (AvgIpc) is 2.24. The fraction of sp³-hybridized carbons (Fsp3) is 1.00. The van der Waals surface area contributed by atoms with Crippen LogP contribution in [0.25, 0.3) is 0 Å². The summed E-state index contributed by atoms with van der Waals surface area (Å²) >= 11 is 7.29. The quantitative estimate of drug-likeness (QED) is 0.526. The van der Waals surface area contributed by atoms with Gasteiger partial charge in [-0.1, -0.05) is 45.5 Å². The molecular weight excluding hydrogens is 259 g/mol. The average molecular weight is 284 g/mol. The van der Waals surface area contributed by atoms with Crippen molar-refractivity contribution in [2.24, 2.45) is 0 Å². The molecule has 0 spiro atoms. The second-order valence-corrected chi connectivity index (χ2v) is 10.5. The van der Waals surface area contributed by atoms with Crippen molar-refractivity contribution < 1.29 is 9.05 Å². The van der Waals surface area contributed by atoms with Gasteiger partial charge in [-0.3, -0.25) is 0 Å². The molecule has 0 aromatic carbocycles. The lowest BCUT2D eigenvalue weighted by molar-refractivity contribution is 0.259. The summed E-state index contributed by atoms with van der Waals surface area (Å²) in [4.78, 5) is 0. The summed E-state index contributed by atoms with van der Waals surface area (Å²) < 4.78 is 11.5. The molecule has 0 N–H and O–H groups in total. The van der Waals surface area contributed by atoms with E-state index in [2.05, 4.69) is 27.7 Å². The lowest BCUT2D eigenvalue weighted by atomic mass is 10.3. The zero-order chi connectivity index (χ0) is 12.4. The van der Waals surface area contributed by atoms with Crippen molar-refractivity contribution in [3.63, 3.8) is 0 Å². The van der Waals surface area contributed by atoms with E-state index in [4.69, 9.17) is 20.9 Å². The van der Waals surface area contributed by atoms with Crippen molar-refractivity contribution in [1.82, 2.24) is 0 Å². The predicted molar refractivity (Wildman–Crippen MR) is 78.7 cm³/mol. The van der Waals surface area contributed by atoms with E-state index in [1.54, 1.807) is 11.4 Å². The smallest absolute Gasteiger partial charge is 0.247 e. The van der Waals surface area contributed by atoms with E-state index in [1.807, 2.05) is 0 Å². The molecule has 0 aliphatic rings. The second kappa shape index (κ2) is 9.90. The van der Waals surface area contributed by atoms with Gasteiger partial charge in [0.2, 0.25) is 5.69 Å². The highest BCUT2D eigenvalue weighted by atomic mass is 32.9. The van der Waals surface area contributed by atoms with Crippen molar-refractivity contribution in [3.8, 4) is 0 Å². The van der Waals surface area contributed by atoms with Crippen LogP contribution >= 0.6 is 17.1 Å². The van der Waals surface area contributed by atoms with Crippen molar-refractivity contribution in [2.45, 2.75) is 58.6 Å². The summed E-state index contributed by atoms with van der Waals surface area (Å²) in [6.45, 7) is 10.0. The minimum absolute atomic E-state index is 0.532. The van der Waals surface area contributed by atoms with E-state index in [9.17, 15) is 0 Å². The maximum atomic E-state index is 5.76. The van der Waals surface area contributed by atoms with E-state index in [1.165, 1.54) is 12.8 Å². The first kappa shape index (κ1) is 16.9. The Morgan fingerprint density at radius 1 is 1.06 bits per heavy atom. The lowest BCUT2D eigenvalue weighted by Gasteiger charge is -2.24. The standard InChI is InChI=1S/C11H25O2PS2/c1-5-8-11(4)16-14(15,12-9-6-2)13-10-7-3/h11H,5-10H2,1-4H3. The van der Waals surface area contributed by atoms with Gasteiger partial charge in [-0.2, -0.15) is 0 Å². The molecule has 0 aliphatic heterocycles. The number of hydrogen-bond acceptors (Lipinski definition) is 4. The van der Waals surface area contributed by atoms with Gasteiger partial charge in [0.15, 0.2) is 0 Å². The van der Waals surface area contributed by atoms with Crippen molar-refractivity contribution in [1.29, 1.82) is 0 Å². The molecule has 0 aliphatic carbocycles. The Bertz CT molecular complexity index is 200. The van der Waals surface area contributed by atoms with Gasteiger partial charge in [-0.15, -0.1) is 0 Å². The Labute approximate surface area is 110 Å². The van der Waals surface area contributed by atoms with Crippen LogP contribution in [-0.2, 0) is 20.9 Å². The van der Waals surface area contributed by atoms with Crippen molar-refractivity contribution >= 4 is 28.9 Å². The fourth-order valence-electron chi connectivity index (χ4n) is 1.18. The summed E-state index contributed by atoms with van der Waals surface area (Å²) in [6, 6.07) is 0. The molecule has 0 heterocycles. The van der Waals surface area contributed by atoms with Gasteiger partial charge in [0.05, 0.1) is 13.2 Å². The third-order valence-corrected chi connectivity index (χ3v) is 7.66. The van der Waals surface area contributed by atoms with E-state index in [-0.39, 0.29) is 0 Å². The first-order chi connectivity index (χ1) is 7.58. The third-order valence-electron chi connectivity index (χ3n) is 1.91. The maximum absolute atomic E-state index is 5.76. The molecule has 2 nitrogen and oxygen atoms in total. The molecular formula is C11H25O2PS2. The highest BCUT2D eigenvalue weighted by Gasteiger charge is 2.22. The van der Waals surface area contributed by atoms with Gasteiger partial charge < -0.3 is 9.05 Å². The molecule has 16 heavy (non-hydrogen) atoms. The molecule has 98 valence electrons. The molecule has 0 aromatic rings. The largest absolute Gasteiger partial charge is 0.322 e. The molecule has 5 heteroatoms. The van der Waals surface area contributed by atoms with Gasteiger partial charge in [0.25, 0.3) is 0 Å². The first-order valence-corrected chi connectivity index (χ1v) is 10.3. The summed E-state index contributed by atoms with van der Waals surface area (Å²) in [5, 5.41) is 0.532. The lowest BCUT2D eigenvalue weighted by Crippen LogP contribution is -2.01. The van der Waals surface area contributed by atoms with Crippen LogP contribution in [0.1, 0.15) is 53.4 Å². The maximum Gasteiger partial charge on any atom is 0.247 e. The molecule has 0 rings (SSSR count). The molecule has 0 saturated heterocycles. The predicted octanol–water partition coefficient (Wildman–Crippen LogP) is 4.99. The summed E-state index contributed by atoms with van der Waals surface area (Å²) in [6.07, 6.45) is 4.35. The Balaban J connectivity index is 4.22. The van der Waals surface area contributed by atoms with Crippen LogP contribution in [0, 0.1) is 0 Å². The molecule has 0 bridgehead atoms. The van der Waals surface area contributed by atoms with Gasteiger partial charge in [-0.25, -0.2) is 0 Å². The van der Waals surface area contributed by atoms with Crippen LogP contribution in [0.15, 0.2) is 0 Å². The highest BCUT2D eigenvalue weighted by molar-refractivity contribution is 8.68. The highest BCUT2D eigenvalue weighted by Crippen LogP contribution is 2.63. The molecule has 0 saturated carbocycles. The Hall–Kier alpha value is 0.920. The van der Waals surface area contributed by atoms with Crippen LogP contribution in [0.4, 0.5) is 0 Å². The molecule has 0 aromatic heterocycles. The molecule has 0 fully saturated rings. The van der Waals surface area contributed by atoms with E-state index < -0.39 is 5.69 Å². The van der Waals surface area contributed by atoms with Crippen LogP contribution < -0.4 is 0 Å². The van der Waals surface area contributed by atoms with Gasteiger partial charge in [0, 0.05) is 5.25 Å². The minimum atomic E-state index is -2.09. The van der Waals surface area contributed by atoms with Crippen molar-refractivity contribution in [2.75, 3.05) is 13.2 Å². The Morgan fingerprint density at radius 3 is 1.94 bits per heavy atom. The second-order valence-electron chi connectivity index (χ2n) is 3.82. The normalized spacial score (nSPS) is 14.0. The van der Waals surface area contributed by atoms with Crippen LogP contribution in [0.3, 0.4) is 0 Å². The van der Waals surface area contributed by atoms with Crippen LogP contribution in [0.5, 0.6) is 0 Å². The number of hydrogen-bond donors (Lipinski definition) is 0. The SMILES string of the molecule is CCCOP(=S)(OCCC)SC(C)CCC. The van der Waals surface area contributed by atoms with Crippen LogP contribution in [0.2, 0.25) is 0 Å². The minimum Gasteiger partial charge on any atom is -0.322 e. The summed E-state index contributed by atoms with van der Waals surface area (Å²) in [5.74, 6) is 0. The third kappa shape index (κ3) is 8.08.